The van der Waals surface area contributed by atoms with Crippen LogP contribution in [0.15, 0.2) is 30.3 Å². The number of urea groups is 1. The van der Waals surface area contributed by atoms with Gasteiger partial charge in [0.05, 0.1) is 5.69 Å². The van der Waals surface area contributed by atoms with E-state index in [1.165, 1.54) is 12.3 Å². The first-order valence-corrected chi connectivity index (χ1v) is 11.2. The number of nitrogen functional groups attached to an aromatic ring is 1. The van der Waals surface area contributed by atoms with E-state index in [0.29, 0.717) is 48.6 Å². The molecule has 1 aliphatic carbocycles. The lowest BCUT2D eigenvalue weighted by Gasteiger charge is -2.39. The highest BCUT2D eigenvalue weighted by Crippen LogP contribution is 2.47. The lowest BCUT2D eigenvalue weighted by Crippen LogP contribution is -2.42. The van der Waals surface area contributed by atoms with Gasteiger partial charge in [0.25, 0.3) is 0 Å². The third-order valence-corrected chi connectivity index (χ3v) is 7.14. The van der Waals surface area contributed by atoms with E-state index in [9.17, 15) is 13.2 Å². The summed E-state index contributed by atoms with van der Waals surface area (Å²) in [4.78, 5) is 20.5. The summed E-state index contributed by atoms with van der Waals surface area (Å²) in [5.74, 6) is 0.555. The molecule has 0 atom stereocenters. The van der Waals surface area contributed by atoms with E-state index in [2.05, 4.69) is 20.6 Å². The van der Waals surface area contributed by atoms with Gasteiger partial charge in [0, 0.05) is 36.7 Å². The van der Waals surface area contributed by atoms with Crippen LogP contribution in [0.25, 0.3) is 11.4 Å². The molecule has 156 valence electrons. The average molecular weight is 420 g/mol. The van der Waals surface area contributed by atoms with Crippen molar-refractivity contribution in [1.29, 1.82) is 0 Å². The molecule has 1 aliphatic rings. The number of anilines is 2. The molecule has 3 rings (SSSR count). The third-order valence-electron chi connectivity index (χ3n) is 5.11. The van der Waals surface area contributed by atoms with Crippen LogP contribution in [-0.4, -0.2) is 48.9 Å². The fourth-order valence-corrected chi connectivity index (χ4v) is 4.82. The first-order chi connectivity index (χ1) is 13.7. The van der Waals surface area contributed by atoms with Gasteiger partial charge in [0.15, 0.2) is 15.7 Å². The Morgan fingerprint density at radius 1 is 1.24 bits per heavy atom. The molecule has 1 heterocycles. The van der Waals surface area contributed by atoms with Gasteiger partial charge in [-0.2, -0.15) is 0 Å². The van der Waals surface area contributed by atoms with Gasteiger partial charge in [-0.05, 0) is 49.9 Å². The van der Waals surface area contributed by atoms with Gasteiger partial charge in [-0.1, -0.05) is 0 Å². The number of benzene rings is 1. The molecule has 0 saturated heterocycles. The summed E-state index contributed by atoms with van der Waals surface area (Å²) in [7, 11) is -3.34. The van der Waals surface area contributed by atoms with Crippen LogP contribution < -0.4 is 16.4 Å². The molecule has 1 fully saturated rings. The van der Waals surface area contributed by atoms with E-state index in [0.717, 1.165) is 6.42 Å². The van der Waals surface area contributed by atoms with Crippen molar-refractivity contribution in [2.45, 2.75) is 30.4 Å². The molecule has 1 aromatic heterocycles. The number of aliphatic hydroxyl groups excluding tert-OH is 1. The molecule has 0 aliphatic heterocycles. The molecule has 10 heteroatoms. The predicted molar refractivity (Wildman–Crippen MR) is 111 cm³/mol. The van der Waals surface area contributed by atoms with Crippen LogP contribution in [0.4, 0.5) is 16.3 Å². The molecule has 29 heavy (non-hydrogen) atoms. The smallest absolute Gasteiger partial charge is 0.319 e. The van der Waals surface area contributed by atoms with Gasteiger partial charge in [-0.25, -0.2) is 23.2 Å². The van der Waals surface area contributed by atoms with Crippen molar-refractivity contribution >= 4 is 27.4 Å². The minimum atomic E-state index is -3.34. The zero-order valence-electron chi connectivity index (χ0n) is 16.2. The zero-order chi connectivity index (χ0) is 21.1. The third kappa shape index (κ3) is 4.48. The fourth-order valence-electron chi connectivity index (χ4n) is 3.30. The van der Waals surface area contributed by atoms with Gasteiger partial charge in [0.1, 0.15) is 10.6 Å². The Kier molecular flexibility index (Phi) is 6.04. The van der Waals surface area contributed by atoms with Crippen LogP contribution in [0.3, 0.4) is 0 Å². The van der Waals surface area contributed by atoms with Gasteiger partial charge in [-0.3, -0.25) is 0 Å². The minimum Gasteiger partial charge on any atom is -0.396 e. The number of carbonyl (C=O) groups excluding carboxylic acids is 1. The molecule has 5 N–H and O–H groups in total. The maximum Gasteiger partial charge on any atom is 0.319 e. The molecule has 1 aromatic carbocycles. The molecule has 2 aromatic rings. The summed E-state index contributed by atoms with van der Waals surface area (Å²) in [6.07, 6.45) is 3.59. The second kappa shape index (κ2) is 8.34. The summed E-state index contributed by atoms with van der Waals surface area (Å²) in [6.45, 7) is 0.389. The Morgan fingerprint density at radius 2 is 1.93 bits per heavy atom. The van der Waals surface area contributed by atoms with Crippen LogP contribution in [0.2, 0.25) is 0 Å². The monoisotopic (exact) mass is 419 g/mol. The predicted octanol–water partition coefficient (Wildman–Crippen LogP) is 1.65. The molecular weight excluding hydrogens is 394 g/mol. The van der Waals surface area contributed by atoms with E-state index < -0.39 is 14.6 Å². The SMILES string of the molecule is CS(=O)(=O)C1(c2cc(N)nc(-c3ccc(NC(=O)NCCCO)cc3)n2)CCC1. The standard InChI is InChI=1S/C19H25N5O4S/c1-29(27,28)19(8-2-9-19)15-12-16(20)24-17(23-15)13-4-6-14(7-5-13)22-18(26)21-10-3-11-25/h4-7,12,25H,2-3,8-11H2,1H3,(H2,20,23,24)(H2,21,22,26). The highest BCUT2D eigenvalue weighted by molar-refractivity contribution is 7.91. The normalized spacial score (nSPS) is 15.4. The molecule has 9 nitrogen and oxygen atoms in total. The van der Waals surface area contributed by atoms with Crippen molar-refractivity contribution in [1.82, 2.24) is 15.3 Å². The first kappa shape index (κ1) is 21.0. The lowest BCUT2D eigenvalue weighted by atomic mass is 9.81. The maximum absolute atomic E-state index is 12.4. The van der Waals surface area contributed by atoms with E-state index in [-0.39, 0.29) is 18.5 Å². The lowest BCUT2D eigenvalue weighted by molar-refractivity contribution is 0.249. The van der Waals surface area contributed by atoms with Gasteiger partial charge < -0.3 is 21.5 Å². The largest absolute Gasteiger partial charge is 0.396 e. The summed E-state index contributed by atoms with van der Waals surface area (Å²) < 4.78 is 23.8. The van der Waals surface area contributed by atoms with Gasteiger partial charge >= 0.3 is 6.03 Å². The number of rotatable bonds is 7. The van der Waals surface area contributed by atoms with Crippen LogP contribution in [-0.2, 0) is 14.6 Å². The number of nitrogens with two attached hydrogens (primary N) is 1. The number of aliphatic hydroxyl groups is 1. The Balaban J connectivity index is 1.81. The Hall–Kier alpha value is -2.72. The molecule has 0 unspecified atom stereocenters. The number of sulfone groups is 1. The molecule has 1 saturated carbocycles. The van der Waals surface area contributed by atoms with Crippen molar-refractivity contribution in [2.75, 3.05) is 30.5 Å². The Morgan fingerprint density at radius 3 is 2.48 bits per heavy atom. The van der Waals surface area contributed by atoms with Crippen molar-refractivity contribution in [3.63, 3.8) is 0 Å². The zero-order valence-corrected chi connectivity index (χ0v) is 17.0. The summed E-state index contributed by atoms with van der Waals surface area (Å²) in [5.41, 5.74) is 7.61. The number of hydrogen-bond donors (Lipinski definition) is 4. The van der Waals surface area contributed by atoms with E-state index in [4.69, 9.17) is 10.8 Å². The quantitative estimate of drug-likeness (QED) is 0.499. The first-order valence-electron chi connectivity index (χ1n) is 9.36. The fraction of sp³-hybridized carbons (Fsp3) is 0.421. The Bertz CT molecular complexity index is 988. The highest BCUT2D eigenvalue weighted by atomic mass is 32.2. The number of hydrogen-bond acceptors (Lipinski definition) is 7. The minimum absolute atomic E-state index is 0.0117. The number of amides is 2. The number of carbonyl (C=O) groups is 1. The highest BCUT2D eigenvalue weighted by Gasteiger charge is 2.49. The number of nitrogens with one attached hydrogen (secondary N) is 2. The van der Waals surface area contributed by atoms with Crippen molar-refractivity contribution in [2.24, 2.45) is 0 Å². The number of nitrogens with zero attached hydrogens (tertiary/aromatic N) is 2. The molecule has 0 radical (unpaired) electrons. The second-order valence-electron chi connectivity index (χ2n) is 7.16. The average Bonchev–Trinajstić information content (AvgIpc) is 2.60. The maximum atomic E-state index is 12.4. The van der Waals surface area contributed by atoms with Crippen molar-refractivity contribution < 1.29 is 18.3 Å². The van der Waals surface area contributed by atoms with Crippen LogP contribution in [0.1, 0.15) is 31.4 Å². The van der Waals surface area contributed by atoms with E-state index in [1.54, 1.807) is 24.3 Å². The molecular formula is C19H25N5O4S. The van der Waals surface area contributed by atoms with Crippen LogP contribution in [0.5, 0.6) is 0 Å². The van der Waals surface area contributed by atoms with Crippen LogP contribution in [0, 0.1) is 0 Å². The molecule has 0 spiro atoms. The Labute approximate surface area is 169 Å². The van der Waals surface area contributed by atoms with E-state index >= 15 is 0 Å². The van der Waals surface area contributed by atoms with Gasteiger partial charge in [-0.15, -0.1) is 0 Å². The molecule has 2 amide bonds. The molecule has 0 bridgehead atoms. The summed E-state index contributed by atoms with van der Waals surface area (Å²) in [5, 5.41) is 14.1. The second-order valence-corrected chi connectivity index (χ2v) is 9.48. The van der Waals surface area contributed by atoms with Crippen molar-refractivity contribution in [3.05, 3.63) is 36.0 Å². The summed E-state index contributed by atoms with van der Waals surface area (Å²) >= 11 is 0. The van der Waals surface area contributed by atoms with Gasteiger partial charge in [0.2, 0.25) is 0 Å². The summed E-state index contributed by atoms with van der Waals surface area (Å²) in [6, 6.07) is 8.03. The topological polar surface area (TPSA) is 147 Å². The van der Waals surface area contributed by atoms with Crippen LogP contribution >= 0.6 is 0 Å². The number of aromatic nitrogens is 2. The van der Waals surface area contributed by atoms with E-state index in [1.807, 2.05) is 0 Å². The van der Waals surface area contributed by atoms with Crippen molar-refractivity contribution in [3.8, 4) is 11.4 Å².